The van der Waals surface area contributed by atoms with Crippen LogP contribution in [0.4, 0.5) is 0 Å². The van der Waals surface area contributed by atoms with E-state index in [9.17, 15) is 4.79 Å². The number of aromatic amines is 1. The molecule has 5 nitrogen and oxygen atoms in total. The summed E-state index contributed by atoms with van der Waals surface area (Å²) in [5.41, 5.74) is 3.44. The van der Waals surface area contributed by atoms with Crippen LogP contribution in [0.1, 0.15) is 37.6 Å². The van der Waals surface area contributed by atoms with Gasteiger partial charge in [-0.15, -0.1) is 0 Å². The van der Waals surface area contributed by atoms with Crippen LogP contribution < -0.4 is 10.1 Å². The Balaban J connectivity index is 2.07. The third kappa shape index (κ3) is 2.93. The number of benzene rings is 1. The molecule has 124 valence electrons. The molecule has 1 aliphatic heterocycles. The number of hydrogen-bond donors (Lipinski definition) is 2. The summed E-state index contributed by atoms with van der Waals surface area (Å²) in [7, 11) is 3.11. The molecule has 3 rings (SSSR count). The van der Waals surface area contributed by atoms with E-state index in [2.05, 4.69) is 30.2 Å². The predicted molar refractivity (Wildman–Crippen MR) is 89.7 cm³/mol. The van der Waals surface area contributed by atoms with Crippen LogP contribution in [0.25, 0.3) is 10.9 Å². The van der Waals surface area contributed by atoms with E-state index in [0.29, 0.717) is 12.3 Å². The number of fused-ring (bicyclic) bond motifs is 3. The van der Waals surface area contributed by atoms with Gasteiger partial charge in [-0.1, -0.05) is 13.8 Å². The summed E-state index contributed by atoms with van der Waals surface area (Å²) in [6.07, 6.45) is 1.60. The van der Waals surface area contributed by atoms with E-state index in [1.807, 2.05) is 12.1 Å². The van der Waals surface area contributed by atoms with Crippen molar-refractivity contribution in [3.8, 4) is 5.75 Å². The molecule has 0 amide bonds. The lowest BCUT2D eigenvalue weighted by molar-refractivity contribution is -0.143. The lowest BCUT2D eigenvalue weighted by Crippen LogP contribution is -2.45. The summed E-state index contributed by atoms with van der Waals surface area (Å²) < 4.78 is 10.3. The monoisotopic (exact) mass is 316 g/mol. The van der Waals surface area contributed by atoms with E-state index in [-0.39, 0.29) is 18.1 Å². The molecule has 2 atom stereocenters. The fourth-order valence-electron chi connectivity index (χ4n) is 3.44. The number of nitrogens with one attached hydrogen (secondary N) is 2. The number of hydrogen-bond acceptors (Lipinski definition) is 4. The SMILES string of the molecule is COC(=O)[C@@H]1Cc2c([nH]c3cc(OC)ccc23)C(CC(C)C)N1. The van der Waals surface area contributed by atoms with Gasteiger partial charge in [-0.3, -0.25) is 10.1 Å². The fourth-order valence-corrected chi connectivity index (χ4v) is 3.44. The molecule has 5 heteroatoms. The normalized spacial score (nSPS) is 20.6. The number of carbonyl (C=O) groups is 1. The molecule has 0 spiro atoms. The van der Waals surface area contributed by atoms with E-state index < -0.39 is 0 Å². The molecule has 23 heavy (non-hydrogen) atoms. The Morgan fingerprint density at radius 2 is 2.13 bits per heavy atom. The van der Waals surface area contributed by atoms with Gasteiger partial charge in [-0.05, 0) is 30.0 Å². The summed E-state index contributed by atoms with van der Waals surface area (Å²) in [6.45, 7) is 4.38. The van der Waals surface area contributed by atoms with Crippen LogP contribution in [0.5, 0.6) is 5.75 Å². The van der Waals surface area contributed by atoms with Crippen molar-refractivity contribution in [3.05, 3.63) is 29.5 Å². The zero-order valence-electron chi connectivity index (χ0n) is 14.1. The van der Waals surface area contributed by atoms with Gasteiger partial charge in [0.05, 0.1) is 14.2 Å². The Kier molecular flexibility index (Phi) is 4.31. The second kappa shape index (κ2) is 6.24. The largest absolute Gasteiger partial charge is 0.497 e. The number of aromatic nitrogens is 1. The summed E-state index contributed by atoms with van der Waals surface area (Å²) in [6, 6.07) is 5.87. The maximum Gasteiger partial charge on any atom is 0.323 e. The molecule has 2 aromatic rings. The van der Waals surface area contributed by atoms with Crippen molar-refractivity contribution in [3.63, 3.8) is 0 Å². The van der Waals surface area contributed by atoms with Crippen molar-refractivity contribution < 1.29 is 14.3 Å². The molecular formula is C18H24N2O3. The van der Waals surface area contributed by atoms with Crippen molar-refractivity contribution in [2.24, 2.45) is 5.92 Å². The van der Waals surface area contributed by atoms with Crippen molar-refractivity contribution in [2.45, 2.75) is 38.8 Å². The molecule has 2 N–H and O–H groups in total. The smallest absolute Gasteiger partial charge is 0.323 e. The molecule has 0 saturated heterocycles. The van der Waals surface area contributed by atoms with Gasteiger partial charge in [0.2, 0.25) is 0 Å². The van der Waals surface area contributed by atoms with Gasteiger partial charge >= 0.3 is 5.97 Å². The first kappa shape index (κ1) is 15.9. The predicted octanol–water partition coefficient (Wildman–Crippen LogP) is 2.95. The first-order valence-corrected chi connectivity index (χ1v) is 8.05. The number of esters is 1. The van der Waals surface area contributed by atoms with Crippen molar-refractivity contribution in [1.82, 2.24) is 10.3 Å². The minimum atomic E-state index is -0.294. The Morgan fingerprint density at radius 1 is 1.35 bits per heavy atom. The first-order valence-electron chi connectivity index (χ1n) is 8.05. The number of methoxy groups -OCH3 is 2. The second-order valence-electron chi connectivity index (χ2n) is 6.56. The highest BCUT2D eigenvalue weighted by Crippen LogP contribution is 2.36. The Morgan fingerprint density at radius 3 is 2.78 bits per heavy atom. The van der Waals surface area contributed by atoms with E-state index in [4.69, 9.17) is 9.47 Å². The standard InChI is InChI=1S/C18H24N2O3/c1-10(2)7-15-17-13(9-16(19-15)18(21)23-4)12-6-5-11(22-3)8-14(12)20-17/h5-6,8,10,15-16,19-20H,7,9H2,1-4H3/t15?,16-/m0/s1. The molecule has 0 aliphatic carbocycles. The van der Waals surface area contributed by atoms with Crippen LogP contribution in [0.3, 0.4) is 0 Å². The molecule has 0 bridgehead atoms. The van der Waals surface area contributed by atoms with Crippen LogP contribution in [-0.2, 0) is 16.0 Å². The number of H-pyrrole nitrogens is 1. The zero-order chi connectivity index (χ0) is 16.6. The highest BCUT2D eigenvalue weighted by molar-refractivity contribution is 5.88. The van der Waals surface area contributed by atoms with Crippen LogP contribution >= 0.6 is 0 Å². The number of carbonyl (C=O) groups excluding carboxylic acids is 1. The van der Waals surface area contributed by atoms with Crippen LogP contribution in [-0.4, -0.2) is 31.2 Å². The van der Waals surface area contributed by atoms with Crippen molar-refractivity contribution in [1.29, 1.82) is 0 Å². The van der Waals surface area contributed by atoms with E-state index in [0.717, 1.165) is 23.1 Å². The molecule has 1 aromatic heterocycles. The maximum atomic E-state index is 12.1. The van der Waals surface area contributed by atoms with E-state index in [1.54, 1.807) is 7.11 Å². The highest BCUT2D eigenvalue weighted by atomic mass is 16.5. The van der Waals surface area contributed by atoms with Crippen molar-refractivity contribution in [2.75, 3.05) is 14.2 Å². The molecule has 1 unspecified atom stereocenters. The zero-order valence-corrected chi connectivity index (χ0v) is 14.1. The van der Waals surface area contributed by atoms with Gasteiger partial charge < -0.3 is 14.5 Å². The Hall–Kier alpha value is -2.01. The van der Waals surface area contributed by atoms with Gasteiger partial charge in [0.25, 0.3) is 0 Å². The fraction of sp³-hybridized carbons (Fsp3) is 0.500. The molecule has 0 radical (unpaired) electrons. The molecule has 2 heterocycles. The van der Waals surface area contributed by atoms with Crippen LogP contribution in [0, 0.1) is 5.92 Å². The minimum Gasteiger partial charge on any atom is -0.497 e. The lowest BCUT2D eigenvalue weighted by Gasteiger charge is -2.31. The van der Waals surface area contributed by atoms with Crippen molar-refractivity contribution >= 4 is 16.9 Å². The number of ether oxygens (including phenoxy) is 2. The summed E-state index contributed by atoms with van der Waals surface area (Å²) in [4.78, 5) is 15.6. The Bertz CT molecular complexity index is 720. The quantitative estimate of drug-likeness (QED) is 0.851. The average molecular weight is 316 g/mol. The molecule has 0 fully saturated rings. The summed E-state index contributed by atoms with van der Waals surface area (Å²) >= 11 is 0. The van der Waals surface area contributed by atoms with Gasteiger partial charge in [-0.25, -0.2) is 0 Å². The van der Waals surface area contributed by atoms with Gasteiger partial charge in [0.1, 0.15) is 11.8 Å². The summed E-state index contributed by atoms with van der Waals surface area (Å²) in [5, 5.41) is 4.60. The van der Waals surface area contributed by atoms with Crippen LogP contribution in [0.2, 0.25) is 0 Å². The highest BCUT2D eigenvalue weighted by Gasteiger charge is 2.33. The van der Waals surface area contributed by atoms with E-state index in [1.165, 1.54) is 18.4 Å². The van der Waals surface area contributed by atoms with Gasteiger partial charge in [-0.2, -0.15) is 0 Å². The molecule has 1 aromatic carbocycles. The topological polar surface area (TPSA) is 63.4 Å². The third-order valence-corrected chi connectivity index (χ3v) is 4.50. The van der Waals surface area contributed by atoms with E-state index >= 15 is 0 Å². The average Bonchev–Trinajstić information content (AvgIpc) is 2.91. The summed E-state index contributed by atoms with van der Waals surface area (Å²) in [5.74, 6) is 1.15. The van der Waals surface area contributed by atoms with Gasteiger partial charge in [0, 0.05) is 35.1 Å². The second-order valence-corrected chi connectivity index (χ2v) is 6.56. The maximum absolute atomic E-state index is 12.1. The number of rotatable bonds is 4. The Labute approximate surface area is 136 Å². The molecule has 0 saturated carbocycles. The third-order valence-electron chi connectivity index (χ3n) is 4.50. The molecular weight excluding hydrogens is 292 g/mol. The van der Waals surface area contributed by atoms with Crippen LogP contribution in [0.15, 0.2) is 18.2 Å². The molecule has 1 aliphatic rings. The van der Waals surface area contributed by atoms with Gasteiger partial charge in [0.15, 0.2) is 0 Å². The first-order chi connectivity index (χ1) is 11.0. The minimum absolute atomic E-state index is 0.126. The lowest BCUT2D eigenvalue weighted by atomic mass is 9.90.